The Balaban J connectivity index is 1.54. The molecule has 138 valence electrons. The van der Waals surface area contributed by atoms with Crippen molar-refractivity contribution in [2.24, 2.45) is 22.7 Å². The molecular formula is C19H35N3OS. The van der Waals surface area contributed by atoms with Crippen molar-refractivity contribution in [3.05, 3.63) is 0 Å². The molecule has 3 aliphatic carbocycles. The summed E-state index contributed by atoms with van der Waals surface area (Å²) in [5.74, 6) is 4.50. The van der Waals surface area contributed by atoms with Crippen LogP contribution in [-0.2, 0) is 10.8 Å². The fourth-order valence-electron chi connectivity index (χ4n) is 4.19. The summed E-state index contributed by atoms with van der Waals surface area (Å²) in [6.07, 6.45) is 10.2. The topological polar surface area (TPSA) is 53.5 Å². The minimum Gasteiger partial charge on any atom is -0.357 e. The van der Waals surface area contributed by atoms with E-state index in [1.807, 2.05) is 6.92 Å². The predicted octanol–water partition coefficient (Wildman–Crippen LogP) is 3.06. The maximum atomic E-state index is 12.1. The summed E-state index contributed by atoms with van der Waals surface area (Å²) in [6.45, 7) is 6.06. The van der Waals surface area contributed by atoms with Crippen LogP contribution in [0.25, 0.3) is 0 Å². The van der Waals surface area contributed by atoms with Gasteiger partial charge < -0.3 is 10.6 Å². The van der Waals surface area contributed by atoms with Crippen LogP contribution in [0.4, 0.5) is 0 Å². The van der Waals surface area contributed by atoms with Gasteiger partial charge in [-0.3, -0.25) is 9.20 Å². The first-order valence-corrected chi connectivity index (χ1v) is 11.5. The van der Waals surface area contributed by atoms with Gasteiger partial charge in [0.1, 0.15) is 0 Å². The van der Waals surface area contributed by atoms with E-state index in [1.165, 1.54) is 38.5 Å². The molecule has 0 aromatic heterocycles. The molecule has 24 heavy (non-hydrogen) atoms. The molecule has 3 saturated carbocycles. The molecule has 0 amide bonds. The molecule has 0 spiro atoms. The summed E-state index contributed by atoms with van der Waals surface area (Å²) in [5.41, 5.74) is 0. The summed E-state index contributed by atoms with van der Waals surface area (Å²) in [5, 5.41) is 7.44. The third-order valence-corrected chi connectivity index (χ3v) is 7.62. The lowest BCUT2D eigenvalue weighted by atomic mass is 9.95. The zero-order chi connectivity index (χ0) is 16.9. The predicted molar refractivity (Wildman–Crippen MR) is 103 cm³/mol. The molecular weight excluding hydrogens is 318 g/mol. The lowest BCUT2D eigenvalue weighted by molar-refractivity contribution is 0.405. The second kappa shape index (κ2) is 8.68. The largest absolute Gasteiger partial charge is 0.357 e. The zero-order valence-corrected chi connectivity index (χ0v) is 16.2. The zero-order valence-electron chi connectivity index (χ0n) is 15.4. The van der Waals surface area contributed by atoms with E-state index in [0.29, 0.717) is 11.3 Å². The Morgan fingerprint density at radius 1 is 1.12 bits per heavy atom. The molecule has 0 aliphatic heterocycles. The van der Waals surface area contributed by atoms with Gasteiger partial charge in [0.15, 0.2) is 5.96 Å². The lowest BCUT2D eigenvalue weighted by Gasteiger charge is -2.30. The molecule has 3 rings (SSSR count). The Kier molecular flexibility index (Phi) is 6.59. The van der Waals surface area contributed by atoms with Gasteiger partial charge in [-0.1, -0.05) is 13.3 Å². The molecule has 3 aliphatic rings. The highest BCUT2D eigenvalue weighted by Crippen LogP contribution is 2.49. The van der Waals surface area contributed by atoms with E-state index < -0.39 is 10.8 Å². The van der Waals surface area contributed by atoms with E-state index in [9.17, 15) is 4.21 Å². The van der Waals surface area contributed by atoms with E-state index in [1.54, 1.807) is 0 Å². The molecule has 3 fully saturated rings. The SMILES string of the molecule is CCNC(=NCC(C1CC1)C1CC1)NC1CCCC(S(=O)CC)C1. The first kappa shape index (κ1) is 18.2. The van der Waals surface area contributed by atoms with Crippen molar-refractivity contribution in [1.82, 2.24) is 10.6 Å². The first-order chi connectivity index (χ1) is 11.7. The highest BCUT2D eigenvalue weighted by Gasteiger charge is 2.41. The Morgan fingerprint density at radius 2 is 1.83 bits per heavy atom. The van der Waals surface area contributed by atoms with E-state index in [2.05, 4.69) is 17.6 Å². The summed E-state index contributed by atoms with van der Waals surface area (Å²) < 4.78 is 12.1. The maximum Gasteiger partial charge on any atom is 0.191 e. The standard InChI is InChI=1S/C19H35N3OS/c1-3-20-19(21-13-18(14-8-9-14)15-10-11-15)22-16-6-5-7-17(12-16)24(23)4-2/h14-18H,3-13H2,1-2H3,(H2,20,21,22). The second-order valence-corrected chi connectivity index (χ2v) is 9.86. The van der Waals surface area contributed by atoms with Gasteiger partial charge in [0.05, 0.1) is 0 Å². The fraction of sp³-hybridized carbons (Fsp3) is 0.947. The van der Waals surface area contributed by atoms with E-state index in [-0.39, 0.29) is 0 Å². The Hall–Kier alpha value is -0.580. The van der Waals surface area contributed by atoms with Gasteiger partial charge in [0.25, 0.3) is 0 Å². The number of nitrogens with zero attached hydrogens (tertiary/aromatic N) is 1. The summed E-state index contributed by atoms with van der Waals surface area (Å²) >= 11 is 0. The third kappa shape index (κ3) is 5.21. The minimum atomic E-state index is -0.660. The minimum absolute atomic E-state index is 0.370. The van der Waals surface area contributed by atoms with Crippen molar-refractivity contribution in [2.75, 3.05) is 18.8 Å². The Morgan fingerprint density at radius 3 is 2.42 bits per heavy atom. The molecule has 3 atom stereocenters. The summed E-state index contributed by atoms with van der Waals surface area (Å²) in [7, 11) is -0.660. The van der Waals surface area contributed by atoms with Gasteiger partial charge in [0.2, 0.25) is 0 Å². The first-order valence-electron chi connectivity index (χ1n) is 10.1. The number of hydrogen-bond acceptors (Lipinski definition) is 2. The number of guanidine groups is 1. The van der Waals surface area contributed by atoms with Crippen LogP contribution in [0, 0.1) is 17.8 Å². The number of rotatable bonds is 8. The van der Waals surface area contributed by atoms with Crippen LogP contribution in [-0.4, -0.2) is 40.3 Å². The average molecular weight is 354 g/mol. The molecule has 5 heteroatoms. The average Bonchev–Trinajstić information content (AvgIpc) is 3.47. The van der Waals surface area contributed by atoms with Gasteiger partial charge in [-0.25, -0.2) is 0 Å². The lowest BCUT2D eigenvalue weighted by Crippen LogP contribution is -2.46. The smallest absolute Gasteiger partial charge is 0.191 e. The molecule has 0 aromatic rings. The molecule has 0 heterocycles. The maximum absolute atomic E-state index is 12.1. The van der Waals surface area contributed by atoms with Gasteiger partial charge in [0, 0.05) is 40.9 Å². The van der Waals surface area contributed by atoms with Crippen molar-refractivity contribution in [3.63, 3.8) is 0 Å². The van der Waals surface area contributed by atoms with Gasteiger partial charge in [-0.15, -0.1) is 0 Å². The number of hydrogen-bond donors (Lipinski definition) is 2. The second-order valence-electron chi connectivity index (χ2n) is 7.86. The van der Waals surface area contributed by atoms with E-state index in [4.69, 9.17) is 4.99 Å². The Bertz CT molecular complexity index is 448. The molecule has 0 bridgehead atoms. The molecule has 0 saturated heterocycles. The monoisotopic (exact) mass is 353 g/mol. The van der Waals surface area contributed by atoms with Crippen LogP contribution in [0.15, 0.2) is 4.99 Å². The highest BCUT2D eigenvalue weighted by molar-refractivity contribution is 7.85. The van der Waals surface area contributed by atoms with Crippen molar-refractivity contribution >= 4 is 16.8 Å². The third-order valence-electron chi connectivity index (χ3n) is 5.88. The van der Waals surface area contributed by atoms with Crippen LogP contribution in [0.3, 0.4) is 0 Å². The van der Waals surface area contributed by atoms with Crippen LogP contribution >= 0.6 is 0 Å². The van der Waals surface area contributed by atoms with Crippen LogP contribution in [0.1, 0.15) is 65.2 Å². The fourth-order valence-corrected chi connectivity index (χ4v) is 5.54. The van der Waals surface area contributed by atoms with Crippen molar-refractivity contribution < 1.29 is 4.21 Å². The van der Waals surface area contributed by atoms with Crippen LogP contribution in [0.5, 0.6) is 0 Å². The van der Waals surface area contributed by atoms with Crippen LogP contribution in [0.2, 0.25) is 0 Å². The molecule has 4 nitrogen and oxygen atoms in total. The normalized spacial score (nSPS) is 29.5. The van der Waals surface area contributed by atoms with Gasteiger partial charge in [-0.2, -0.15) is 0 Å². The Labute approximate surface area is 150 Å². The van der Waals surface area contributed by atoms with Gasteiger partial charge in [-0.05, 0) is 69.6 Å². The molecule has 2 N–H and O–H groups in total. The summed E-state index contributed by atoms with van der Waals surface area (Å²) in [4.78, 5) is 4.94. The van der Waals surface area contributed by atoms with Gasteiger partial charge >= 0.3 is 0 Å². The number of nitrogens with one attached hydrogen (secondary N) is 2. The van der Waals surface area contributed by atoms with E-state index in [0.717, 1.165) is 55.4 Å². The molecule has 3 unspecified atom stereocenters. The molecule has 0 radical (unpaired) electrons. The van der Waals surface area contributed by atoms with Crippen molar-refractivity contribution in [2.45, 2.75) is 76.5 Å². The summed E-state index contributed by atoms with van der Waals surface area (Å²) in [6, 6.07) is 0.428. The number of aliphatic imine (C=N–C) groups is 1. The van der Waals surface area contributed by atoms with E-state index >= 15 is 0 Å². The quantitative estimate of drug-likeness (QED) is 0.521. The van der Waals surface area contributed by atoms with Crippen molar-refractivity contribution in [1.29, 1.82) is 0 Å². The van der Waals surface area contributed by atoms with Crippen molar-refractivity contribution in [3.8, 4) is 0 Å². The highest BCUT2D eigenvalue weighted by atomic mass is 32.2. The molecule has 0 aromatic carbocycles. The van der Waals surface area contributed by atoms with Crippen LogP contribution < -0.4 is 10.6 Å².